The number of carbonyl (C=O) groups is 1. The third-order valence-electron chi connectivity index (χ3n) is 4.20. The number of benzene rings is 1. The van der Waals surface area contributed by atoms with Crippen molar-refractivity contribution in [3.05, 3.63) is 43.0 Å². The SMILES string of the molecule is C=C[C@]1(C)COC(O)(CCSc2ccccc2)C1C(=O)OCC. The lowest BCUT2D eigenvalue weighted by atomic mass is 9.75. The molecule has 3 atom stereocenters. The first-order valence-electron chi connectivity index (χ1n) is 7.79. The molecule has 0 spiro atoms. The zero-order chi connectivity index (χ0) is 16.9. The van der Waals surface area contributed by atoms with Crippen LogP contribution in [-0.2, 0) is 14.3 Å². The smallest absolute Gasteiger partial charge is 0.315 e. The van der Waals surface area contributed by atoms with Gasteiger partial charge in [-0.25, -0.2) is 0 Å². The normalized spacial score (nSPS) is 30.1. The molecule has 1 fully saturated rings. The van der Waals surface area contributed by atoms with Gasteiger partial charge in [0.25, 0.3) is 0 Å². The predicted molar refractivity (Wildman–Crippen MR) is 91.1 cm³/mol. The van der Waals surface area contributed by atoms with Gasteiger partial charge in [-0.15, -0.1) is 18.3 Å². The number of esters is 1. The summed E-state index contributed by atoms with van der Waals surface area (Å²) in [5.41, 5.74) is -0.627. The van der Waals surface area contributed by atoms with Crippen molar-refractivity contribution in [2.45, 2.75) is 31.0 Å². The van der Waals surface area contributed by atoms with E-state index in [1.165, 1.54) is 0 Å². The fraction of sp³-hybridized carbons (Fsp3) is 0.500. The molecule has 126 valence electrons. The van der Waals surface area contributed by atoms with Crippen molar-refractivity contribution >= 4 is 17.7 Å². The van der Waals surface area contributed by atoms with Gasteiger partial charge in [0.2, 0.25) is 0 Å². The Bertz CT molecular complexity index is 547. The average molecular weight is 336 g/mol. The average Bonchev–Trinajstić information content (AvgIpc) is 2.81. The molecule has 2 rings (SSSR count). The first-order valence-corrected chi connectivity index (χ1v) is 8.78. The highest BCUT2D eigenvalue weighted by Crippen LogP contribution is 2.47. The Hall–Kier alpha value is -1.30. The maximum Gasteiger partial charge on any atom is 0.315 e. The van der Waals surface area contributed by atoms with Crippen LogP contribution in [0.25, 0.3) is 0 Å². The molecule has 4 nitrogen and oxygen atoms in total. The summed E-state index contributed by atoms with van der Waals surface area (Å²) in [7, 11) is 0. The van der Waals surface area contributed by atoms with E-state index in [2.05, 4.69) is 6.58 Å². The maximum atomic E-state index is 12.4. The number of thioether (sulfide) groups is 1. The van der Waals surface area contributed by atoms with E-state index in [-0.39, 0.29) is 13.2 Å². The molecule has 0 saturated carbocycles. The number of aliphatic hydroxyl groups is 1. The topological polar surface area (TPSA) is 55.8 Å². The summed E-state index contributed by atoms with van der Waals surface area (Å²) in [4.78, 5) is 13.5. The summed E-state index contributed by atoms with van der Waals surface area (Å²) >= 11 is 1.62. The van der Waals surface area contributed by atoms with Crippen LogP contribution in [0.3, 0.4) is 0 Å². The Morgan fingerprint density at radius 1 is 1.52 bits per heavy atom. The van der Waals surface area contributed by atoms with Crippen molar-refractivity contribution in [1.29, 1.82) is 0 Å². The molecule has 0 aliphatic carbocycles. The second kappa shape index (κ2) is 7.51. The van der Waals surface area contributed by atoms with E-state index in [0.717, 1.165) is 4.90 Å². The molecule has 1 aromatic carbocycles. The monoisotopic (exact) mass is 336 g/mol. The summed E-state index contributed by atoms with van der Waals surface area (Å²) in [5.74, 6) is -2.07. The quantitative estimate of drug-likeness (QED) is 0.470. The summed E-state index contributed by atoms with van der Waals surface area (Å²) < 4.78 is 10.8. The maximum absolute atomic E-state index is 12.4. The van der Waals surface area contributed by atoms with E-state index in [1.54, 1.807) is 24.8 Å². The molecule has 1 aliphatic heterocycles. The molecule has 2 unspecified atom stereocenters. The molecule has 23 heavy (non-hydrogen) atoms. The lowest BCUT2D eigenvalue weighted by Gasteiger charge is -2.32. The van der Waals surface area contributed by atoms with Crippen molar-refractivity contribution in [3.63, 3.8) is 0 Å². The Morgan fingerprint density at radius 3 is 2.83 bits per heavy atom. The van der Waals surface area contributed by atoms with E-state index in [9.17, 15) is 9.90 Å². The van der Waals surface area contributed by atoms with Crippen molar-refractivity contribution in [2.75, 3.05) is 19.0 Å². The highest BCUT2D eigenvalue weighted by atomic mass is 32.2. The minimum Gasteiger partial charge on any atom is -0.466 e. The van der Waals surface area contributed by atoms with E-state index < -0.39 is 23.1 Å². The van der Waals surface area contributed by atoms with Crippen LogP contribution in [0.5, 0.6) is 0 Å². The zero-order valence-electron chi connectivity index (χ0n) is 13.7. The van der Waals surface area contributed by atoms with Crippen molar-refractivity contribution in [2.24, 2.45) is 11.3 Å². The van der Waals surface area contributed by atoms with E-state index in [0.29, 0.717) is 12.2 Å². The number of hydrogen-bond donors (Lipinski definition) is 1. The predicted octanol–water partition coefficient (Wildman–Crippen LogP) is 3.26. The summed E-state index contributed by atoms with van der Waals surface area (Å²) in [6, 6.07) is 9.93. The molecule has 0 bridgehead atoms. The van der Waals surface area contributed by atoms with Crippen LogP contribution in [-0.4, -0.2) is 35.8 Å². The van der Waals surface area contributed by atoms with Gasteiger partial charge in [-0.2, -0.15) is 0 Å². The molecular weight excluding hydrogens is 312 g/mol. The number of hydrogen-bond acceptors (Lipinski definition) is 5. The van der Waals surface area contributed by atoms with Crippen molar-refractivity contribution < 1.29 is 19.4 Å². The molecule has 1 aromatic rings. The van der Waals surface area contributed by atoms with Gasteiger partial charge in [0.05, 0.1) is 13.2 Å². The molecule has 0 aromatic heterocycles. The van der Waals surface area contributed by atoms with E-state index in [1.807, 2.05) is 37.3 Å². The van der Waals surface area contributed by atoms with Gasteiger partial charge >= 0.3 is 5.97 Å². The summed E-state index contributed by atoms with van der Waals surface area (Å²) in [6.07, 6.45) is 2.02. The third kappa shape index (κ3) is 3.97. The fourth-order valence-corrected chi connectivity index (χ4v) is 3.85. The lowest BCUT2D eigenvalue weighted by Crippen LogP contribution is -2.45. The molecule has 5 heteroatoms. The van der Waals surface area contributed by atoms with Gasteiger partial charge in [-0.3, -0.25) is 4.79 Å². The molecule has 1 aliphatic rings. The van der Waals surface area contributed by atoms with Crippen LogP contribution in [0, 0.1) is 11.3 Å². The van der Waals surface area contributed by atoms with Crippen LogP contribution in [0.15, 0.2) is 47.9 Å². The van der Waals surface area contributed by atoms with Gasteiger partial charge in [-0.05, 0) is 19.1 Å². The van der Waals surface area contributed by atoms with E-state index >= 15 is 0 Å². The van der Waals surface area contributed by atoms with Gasteiger partial charge in [0.15, 0.2) is 5.79 Å². The molecular formula is C18H24O4S. The van der Waals surface area contributed by atoms with Crippen LogP contribution in [0.2, 0.25) is 0 Å². The van der Waals surface area contributed by atoms with Gasteiger partial charge < -0.3 is 14.6 Å². The first-order chi connectivity index (χ1) is 10.9. The Kier molecular flexibility index (Phi) is 5.89. The number of rotatable bonds is 7. The summed E-state index contributed by atoms with van der Waals surface area (Å²) in [6.45, 7) is 7.95. The highest BCUT2D eigenvalue weighted by molar-refractivity contribution is 7.99. The third-order valence-corrected chi connectivity index (χ3v) is 5.22. The van der Waals surface area contributed by atoms with Crippen molar-refractivity contribution in [3.8, 4) is 0 Å². The largest absolute Gasteiger partial charge is 0.466 e. The minimum absolute atomic E-state index is 0.256. The highest BCUT2D eigenvalue weighted by Gasteiger charge is 2.58. The minimum atomic E-state index is -1.52. The lowest BCUT2D eigenvalue weighted by molar-refractivity contribution is -0.207. The van der Waals surface area contributed by atoms with Gasteiger partial charge in [-0.1, -0.05) is 31.2 Å². The van der Waals surface area contributed by atoms with Crippen molar-refractivity contribution in [1.82, 2.24) is 0 Å². The molecule has 0 radical (unpaired) electrons. The van der Waals surface area contributed by atoms with Crippen LogP contribution >= 0.6 is 11.8 Å². The van der Waals surface area contributed by atoms with E-state index in [4.69, 9.17) is 9.47 Å². The van der Waals surface area contributed by atoms with Crippen LogP contribution in [0.1, 0.15) is 20.3 Å². The molecule has 1 N–H and O–H groups in total. The Morgan fingerprint density at radius 2 is 2.22 bits per heavy atom. The zero-order valence-corrected chi connectivity index (χ0v) is 14.5. The Labute approximate surface area is 141 Å². The molecule has 1 saturated heterocycles. The summed E-state index contributed by atoms with van der Waals surface area (Å²) in [5, 5.41) is 10.9. The first kappa shape index (κ1) is 18.0. The van der Waals surface area contributed by atoms with Gasteiger partial charge in [0.1, 0.15) is 5.92 Å². The molecule has 1 heterocycles. The van der Waals surface area contributed by atoms with Crippen LogP contribution < -0.4 is 0 Å². The Balaban J connectivity index is 2.07. The second-order valence-corrected chi connectivity index (χ2v) is 7.11. The molecule has 0 amide bonds. The standard InChI is InChI=1S/C18H24O4S/c1-4-17(3)13-22-18(20,15(17)16(19)21-5-2)11-12-23-14-9-7-6-8-10-14/h4,6-10,15,20H,1,5,11-13H2,2-3H3/t15?,17-,18?/m1/s1. The second-order valence-electron chi connectivity index (χ2n) is 5.94. The number of ether oxygens (including phenoxy) is 2. The fourth-order valence-electron chi connectivity index (χ4n) is 2.87. The van der Waals surface area contributed by atoms with Crippen LogP contribution in [0.4, 0.5) is 0 Å². The van der Waals surface area contributed by atoms with Gasteiger partial charge in [0, 0.05) is 22.5 Å². The number of carbonyl (C=O) groups excluding carboxylic acids is 1.